The maximum Gasteiger partial charge on any atom is 0.299 e. The Morgan fingerprint density at radius 2 is 1.74 bits per heavy atom. The van der Waals surface area contributed by atoms with Crippen LogP contribution >= 0.6 is 0 Å². The molecule has 2 amide bonds. The lowest BCUT2D eigenvalue weighted by Gasteiger charge is -2.15. The van der Waals surface area contributed by atoms with Crippen LogP contribution in [0, 0.1) is 20.2 Å². The number of hydrogen-bond donors (Lipinski definition) is 4. The lowest BCUT2D eigenvalue weighted by molar-refractivity contribution is -0.393. The monoisotopic (exact) mass is 484 g/mol. The average Bonchev–Trinajstić information content (AvgIpc) is 2.79. The molecule has 1 rings (SSSR count). The van der Waals surface area contributed by atoms with E-state index in [0.717, 1.165) is 25.5 Å². The summed E-state index contributed by atoms with van der Waals surface area (Å²) in [6.07, 6.45) is 2.19. The second kappa shape index (κ2) is 16.3. The van der Waals surface area contributed by atoms with Crippen LogP contribution in [0.2, 0.25) is 0 Å². The predicted octanol–water partition coefficient (Wildman–Crippen LogP) is 0.698. The van der Waals surface area contributed by atoms with Crippen molar-refractivity contribution in [1.29, 1.82) is 0 Å². The highest BCUT2D eigenvalue weighted by Crippen LogP contribution is 2.28. The zero-order valence-corrected chi connectivity index (χ0v) is 19.1. The number of non-ortho nitro benzene ring substituents is 1. The van der Waals surface area contributed by atoms with E-state index >= 15 is 0 Å². The highest BCUT2D eigenvalue weighted by atomic mass is 16.6. The molecule has 0 spiro atoms. The summed E-state index contributed by atoms with van der Waals surface area (Å²) in [6.45, 7) is 1.89. The van der Waals surface area contributed by atoms with Crippen LogP contribution in [0.4, 0.5) is 17.1 Å². The van der Waals surface area contributed by atoms with Gasteiger partial charge in [-0.15, -0.1) is 0 Å². The second-order valence-corrected chi connectivity index (χ2v) is 7.24. The van der Waals surface area contributed by atoms with E-state index < -0.39 is 27.5 Å². The smallest absolute Gasteiger partial charge is 0.299 e. The van der Waals surface area contributed by atoms with Gasteiger partial charge in [0.2, 0.25) is 11.8 Å². The molecule has 1 aromatic rings. The quantitative estimate of drug-likeness (QED) is 0.123. The Balaban J connectivity index is 2.18. The third-order valence-electron chi connectivity index (χ3n) is 4.64. The highest BCUT2D eigenvalue weighted by molar-refractivity contribution is 5.86. The summed E-state index contributed by atoms with van der Waals surface area (Å²) in [5.41, 5.74) is 4.72. The molecular weight excluding hydrogens is 452 g/mol. The van der Waals surface area contributed by atoms with Gasteiger partial charge >= 0.3 is 0 Å². The molecule has 0 aliphatic carbocycles. The minimum absolute atomic E-state index is 0.0751. The van der Waals surface area contributed by atoms with Gasteiger partial charge in [-0.1, -0.05) is 0 Å². The summed E-state index contributed by atoms with van der Waals surface area (Å²) in [5, 5.41) is 30.3. The molecule has 0 heterocycles. The average molecular weight is 485 g/mol. The van der Waals surface area contributed by atoms with Gasteiger partial charge in [-0.3, -0.25) is 29.8 Å². The van der Waals surface area contributed by atoms with Crippen LogP contribution in [0.15, 0.2) is 18.2 Å². The summed E-state index contributed by atoms with van der Waals surface area (Å²) < 4.78 is 10.7. The van der Waals surface area contributed by atoms with Crippen molar-refractivity contribution in [1.82, 2.24) is 10.6 Å². The third-order valence-corrected chi connectivity index (χ3v) is 4.64. The molecule has 14 nitrogen and oxygen atoms in total. The number of nitro benzene ring substituents is 2. The van der Waals surface area contributed by atoms with E-state index in [2.05, 4.69) is 16.0 Å². The Kier molecular flexibility index (Phi) is 13.7. The number of benzene rings is 1. The Morgan fingerprint density at radius 3 is 2.35 bits per heavy atom. The fourth-order valence-electron chi connectivity index (χ4n) is 2.88. The van der Waals surface area contributed by atoms with E-state index in [-0.39, 0.29) is 56.7 Å². The zero-order chi connectivity index (χ0) is 25.3. The van der Waals surface area contributed by atoms with Crippen LogP contribution < -0.4 is 21.7 Å². The molecule has 0 aliphatic rings. The normalized spacial score (nSPS) is 11.6. The molecule has 5 N–H and O–H groups in total. The SMILES string of the molecule is CNCCCCC(NC(=O)CCOCCOCCNc1ccc([N+](=O)[O-])cc1[N+](=O)[O-])C(N)=O. The molecule has 0 bridgehead atoms. The molecule has 190 valence electrons. The summed E-state index contributed by atoms with van der Waals surface area (Å²) in [5.74, 6) is -0.896. The number of nitrogens with two attached hydrogens (primary N) is 1. The zero-order valence-electron chi connectivity index (χ0n) is 19.1. The van der Waals surface area contributed by atoms with Crippen molar-refractivity contribution in [2.75, 3.05) is 51.9 Å². The number of primary amides is 1. The fraction of sp³-hybridized carbons (Fsp3) is 0.600. The minimum Gasteiger partial charge on any atom is -0.379 e. The summed E-state index contributed by atoms with van der Waals surface area (Å²) in [6, 6.07) is 2.64. The first-order valence-electron chi connectivity index (χ1n) is 10.8. The van der Waals surface area contributed by atoms with Crippen LogP contribution in [0.1, 0.15) is 25.7 Å². The molecule has 1 aromatic carbocycles. The topological polar surface area (TPSA) is 201 Å². The molecule has 0 fully saturated rings. The number of nitrogens with zero attached hydrogens (tertiary/aromatic N) is 2. The van der Waals surface area contributed by atoms with Crippen molar-refractivity contribution in [2.45, 2.75) is 31.7 Å². The van der Waals surface area contributed by atoms with Crippen LogP contribution in [-0.4, -0.2) is 74.3 Å². The first-order chi connectivity index (χ1) is 16.3. The molecule has 0 aliphatic heterocycles. The molecule has 1 unspecified atom stereocenters. The van der Waals surface area contributed by atoms with Gasteiger partial charge < -0.3 is 31.2 Å². The molecule has 34 heavy (non-hydrogen) atoms. The molecular formula is C20H32N6O8. The minimum atomic E-state index is -0.702. The predicted molar refractivity (Wildman–Crippen MR) is 123 cm³/mol. The number of ether oxygens (including phenoxy) is 2. The van der Waals surface area contributed by atoms with Crippen molar-refractivity contribution in [3.8, 4) is 0 Å². The number of carbonyl (C=O) groups is 2. The molecule has 1 atom stereocenters. The summed E-state index contributed by atoms with van der Waals surface area (Å²) in [4.78, 5) is 43.9. The number of nitro groups is 2. The first-order valence-corrected chi connectivity index (χ1v) is 10.8. The molecule has 0 radical (unpaired) electrons. The number of carbonyl (C=O) groups excluding carboxylic acids is 2. The van der Waals surface area contributed by atoms with Crippen molar-refractivity contribution in [3.63, 3.8) is 0 Å². The molecule has 0 saturated carbocycles. The van der Waals surface area contributed by atoms with Gasteiger partial charge in [0.05, 0.1) is 42.3 Å². The van der Waals surface area contributed by atoms with Gasteiger partial charge in [-0.05, 0) is 38.9 Å². The van der Waals surface area contributed by atoms with Crippen LogP contribution in [0.3, 0.4) is 0 Å². The Hall–Kier alpha value is -3.36. The van der Waals surface area contributed by atoms with E-state index in [9.17, 15) is 29.8 Å². The maximum absolute atomic E-state index is 12.0. The second-order valence-electron chi connectivity index (χ2n) is 7.24. The Bertz CT molecular complexity index is 822. The first kappa shape index (κ1) is 28.7. The van der Waals surface area contributed by atoms with Gasteiger partial charge in [-0.25, -0.2) is 0 Å². The van der Waals surface area contributed by atoms with Crippen LogP contribution in [0.5, 0.6) is 0 Å². The van der Waals surface area contributed by atoms with Crippen molar-refractivity contribution >= 4 is 28.9 Å². The van der Waals surface area contributed by atoms with Crippen LogP contribution in [0.25, 0.3) is 0 Å². The summed E-state index contributed by atoms with van der Waals surface area (Å²) >= 11 is 0. The number of anilines is 1. The van der Waals surface area contributed by atoms with Gasteiger partial charge in [0.1, 0.15) is 11.7 Å². The van der Waals surface area contributed by atoms with E-state index in [1.54, 1.807) is 0 Å². The van der Waals surface area contributed by atoms with Gasteiger partial charge in [-0.2, -0.15) is 0 Å². The third kappa shape index (κ3) is 11.5. The number of rotatable bonds is 19. The van der Waals surface area contributed by atoms with E-state index in [4.69, 9.17) is 15.2 Å². The molecule has 0 saturated heterocycles. The van der Waals surface area contributed by atoms with E-state index in [0.29, 0.717) is 6.42 Å². The van der Waals surface area contributed by atoms with Gasteiger partial charge in [0, 0.05) is 19.0 Å². The lowest BCUT2D eigenvalue weighted by Crippen LogP contribution is -2.44. The lowest BCUT2D eigenvalue weighted by atomic mass is 10.1. The Morgan fingerprint density at radius 1 is 1.03 bits per heavy atom. The largest absolute Gasteiger partial charge is 0.379 e. The van der Waals surface area contributed by atoms with Gasteiger partial charge in [0.25, 0.3) is 11.4 Å². The van der Waals surface area contributed by atoms with E-state index in [1.165, 1.54) is 12.1 Å². The highest BCUT2D eigenvalue weighted by Gasteiger charge is 2.19. The van der Waals surface area contributed by atoms with Gasteiger partial charge in [0.15, 0.2) is 0 Å². The number of unbranched alkanes of at least 4 members (excludes halogenated alkanes) is 1. The molecule has 14 heteroatoms. The number of nitrogens with one attached hydrogen (secondary N) is 3. The van der Waals surface area contributed by atoms with E-state index in [1.807, 2.05) is 7.05 Å². The summed E-state index contributed by atoms with van der Waals surface area (Å²) in [7, 11) is 1.84. The van der Waals surface area contributed by atoms with Crippen molar-refractivity contribution in [2.24, 2.45) is 5.73 Å². The fourth-order valence-corrected chi connectivity index (χ4v) is 2.88. The maximum atomic E-state index is 12.0. The van der Waals surface area contributed by atoms with Crippen LogP contribution in [-0.2, 0) is 19.1 Å². The Labute approximate surface area is 196 Å². The molecule has 0 aromatic heterocycles. The van der Waals surface area contributed by atoms with Crippen molar-refractivity contribution in [3.05, 3.63) is 38.4 Å². The number of hydrogen-bond acceptors (Lipinski definition) is 10. The standard InChI is InChI=1S/C20H32N6O8/c1-22-8-3-2-4-17(20(21)28)24-19(27)7-10-33-12-13-34-11-9-23-16-6-5-15(25(29)30)14-18(16)26(31)32/h5-6,14,17,22-23H,2-4,7-13H2,1H3,(H2,21,28)(H,24,27). The number of amides is 2. The van der Waals surface area contributed by atoms with Crippen molar-refractivity contribution < 1.29 is 28.9 Å².